The third kappa shape index (κ3) is 20.6. The fraction of sp³-hybridized carbons (Fsp3) is 0.607. The first-order valence-corrected chi connectivity index (χ1v) is 27.8. The Balaban J connectivity index is 0.000000323. The van der Waals surface area contributed by atoms with Gasteiger partial charge < -0.3 is 53.5 Å². The number of hydrogen-bond acceptors (Lipinski definition) is 15. The molecule has 452 valence electrons. The molecule has 17 nitrogen and oxygen atoms in total. The summed E-state index contributed by atoms with van der Waals surface area (Å²) < 4.78 is 107. The van der Waals surface area contributed by atoms with E-state index >= 15 is 0 Å². The molecule has 0 radical (unpaired) electrons. The van der Waals surface area contributed by atoms with Gasteiger partial charge in [-0.15, -0.1) is 0 Å². The van der Waals surface area contributed by atoms with Crippen LogP contribution in [0, 0.1) is 0 Å². The van der Waals surface area contributed by atoms with Crippen molar-refractivity contribution in [3.8, 4) is 11.5 Å². The number of amides is 2. The number of anilines is 2. The summed E-state index contributed by atoms with van der Waals surface area (Å²) in [6, 6.07) is 6.14. The Morgan fingerprint density at radius 3 is 1.26 bits per heavy atom. The average Bonchev–Trinajstić information content (AvgIpc) is 3.53. The van der Waals surface area contributed by atoms with Crippen LogP contribution >= 0.6 is 23.2 Å². The van der Waals surface area contributed by atoms with Crippen LogP contribution in [0.25, 0.3) is 0 Å². The van der Waals surface area contributed by atoms with Crippen molar-refractivity contribution < 1.29 is 69.8 Å². The second kappa shape index (κ2) is 32.3. The lowest BCUT2D eigenvalue weighted by Gasteiger charge is -2.47. The maximum atomic E-state index is 13.6. The first-order valence-electron chi connectivity index (χ1n) is 27.1. The van der Waals surface area contributed by atoms with Crippen molar-refractivity contribution in [2.75, 3.05) is 50.4 Å². The molecule has 25 heteroatoms. The summed E-state index contributed by atoms with van der Waals surface area (Å²) in [6.07, 6.45) is 0.270. The van der Waals surface area contributed by atoms with Gasteiger partial charge in [-0.2, -0.15) is 26.3 Å². The summed E-state index contributed by atoms with van der Waals surface area (Å²) in [5, 5.41) is 17.6. The van der Waals surface area contributed by atoms with Crippen molar-refractivity contribution in [1.82, 2.24) is 29.7 Å². The van der Waals surface area contributed by atoms with Gasteiger partial charge >= 0.3 is 24.5 Å². The van der Waals surface area contributed by atoms with Gasteiger partial charge in [0.2, 0.25) is 11.9 Å². The summed E-state index contributed by atoms with van der Waals surface area (Å²) >= 11 is 12.1. The van der Waals surface area contributed by atoms with Gasteiger partial charge in [0.1, 0.15) is 6.61 Å². The van der Waals surface area contributed by atoms with E-state index in [1.54, 1.807) is 33.0 Å². The fourth-order valence-corrected chi connectivity index (χ4v) is 10.4. The molecule has 2 aromatic heterocycles. The fourth-order valence-electron chi connectivity index (χ4n) is 9.84. The predicted octanol–water partition coefficient (Wildman–Crippen LogP) is 12.8. The lowest BCUT2D eigenvalue weighted by molar-refractivity contribution is -0.138. The number of carbonyl (C=O) groups excluding carboxylic acids is 2. The molecule has 2 fully saturated rings. The Morgan fingerprint density at radius 1 is 0.605 bits per heavy atom. The molecule has 0 spiro atoms. The highest BCUT2D eigenvalue weighted by molar-refractivity contribution is 6.31. The van der Waals surface area contributed by atoms with E-state index in [0.29, 0.717) is 94.0 Å². The van der Waals surface area contributed by atoms with Crippen LogP contribution in [-0.2, 0) is 44.4 Å². The molecule has 81 heavy (non-hydrogen) atoms. The number of methoxy groups -OCH3 is 2. The van der Waals surface area contributed by atoms with Crippen molar-refractivity contribution in [2.24, 2.45) is 0 Å². The van der Waals surface area contributed by atoms with Gasteiger partial charge in [0.05, 0.1) is 67.9 Å². The number of hydrogen-bond donors (Lipinski definition) is 2. The Hall–Kier alpha value is -5.62. The summed E-state index contributed by atoms with van der Waals surface area (Å²) in [4.78, 5) is 50.8. The highest BCUT2D eigenvalue weighted by Crippen LogP contribution is 2.38. The molecular weight excluding hydrogens is 1110 g/mol. The summed E-state index contributed by atoms with van der Waals surface area (Å²) in [7, 11) is 3.12. The number of likely N-dealkylation sites (tertiary alicyclic amines) is 2. The number of aromatic hydroxyl groups is 1. The van der Waals surface area contributed by atoms with Gasteiger partial charge in [-0.3, -0.25) is 0 Å². The second-order valence-electron chi connectivity index (χ2n) is 20.1. The molecule has 2 amide bonds. The van der Waals surface area contributed by atoms with E-state index in [4.69, 9.17) is 47.3 Å². The average molecular weight is 1190 g/mol. The van der Waals surface area contributed by atoms with Gasteiger partial charge in [0.15, 0.2) is 11.5 Å². The third-order valence-electron chi connectivity index (χ3n) is 13.5. The number of halogens is 8. The standard InChI is InChI=1S/C28H38ClF3N4O4.C25H32ClF3N4O3.C3H8O2/c1-6-22-13-24(14-23(7-2)36(22)27(37)40-18(3)4)35(26-33-15-25(16-34-26)39-9-8-38-5)17-19-10-20(28(30,31)32)12-21(29)11-19;1-5-19-10-21(11-20(6-2)33(19)24(35)36-15(3)4)32(23-30-12-22(34)13-31-23)14-16-7-17(25(27,28)29)9-18(26)8-16;1-5-3-2-4/h10-12,15-16,18,22-24H,6-9,13-14,17H2,1-5H3;7-9,12-13,15,19-21,34H,5-6,10-11,14H2,1-4H3;4H,2-3H2,1H3/t22-,23+,24?;19-,20+,21?;. The number of alkyl halides is 6. The molecule has 6 atom stereocenters. The van der Waals surface area contributed by atoms with Gasteiger partial charge in [-0.25, -0.2) is 29.5 Å². The number of benzene rings is 2. The van der Waals surface area contributed by atoms with Gasteiger partial charge in [-0.1, -0.05) is 50.9 Å². The largest absolute Gasteiger partial charge is 0.505 e. The number of aromatic nitrogens is 4. The van der Waals surface area contributed by atoms with E-state index in [-0.39, 0.29) is 102 Å². The van der Waals surface area contributed by atoms with Crippen LogP contribution in [0.5, 0.6) is 11.5 Å². The zero-order valence-electron chi connectivity index (χ0n) is 47.6. The second-order valence-corrected chi connectivity index (χ2v) is 21.0. The molecule has 0 bridgehead atoms. The Bertz CT molecular complexity index is 2510. The summed E-state index contributed by atoms with van der Waals surface area (Å²) in [5.41, 5.74) is -0.914. The van der Waals surface area contributed by atoms with Crippen molar-refractivity contribution in [3.05, 3.63) is 93.5 Å². The van der Waals surface area contributed by atoms with Crippen LogP contribution in [0.15, 0.2) is 61.2 Å². The van der Waals surface area contributed by atoms with Crippen LogP contribution in [0.1, 0.15) is 129 Å². The van der Waals surface area contributed by atoms with Crippen molar-refractivity contribution in [3.63, 3.8) is 0 Å². The molecule has 0 saturated carbocycles. The van der Waals surface area contributed by atoms with E-state index in [1.807, 2.05) is 56.2 Å². The number of ether oxygens (including phenoxy) is 5. The lowest BCUT2D eigenvalue weighted by atomic mass is 9.87. The summed E-state index contributed by atoms with van der Waals surface area (Å²) in [5.74, 6) is 0.951. The minimum atomic E-state index is -4.54. The van der Waals surface area contributed by atoms with Gasteiger partial charge in [0.25, 0.3) is 0 Å². The molecule has 2 N–H and O–H groups in total. The molecule has 2 aromatic carbocycles. The zero-order valence-corrected chi connectivity index (χ0v) is 49.2. The summed E-state index contributed by atoms with van der Waals surface area (Å²) in [6.45, 7) is 16.7. The predicted molar refractivity (Wildman–Crippen MR) is 297 cm³/mol. The number of piperidine rings is 2. The van der Waals surface area contributed by atoms with E-state index in [1.165, 1.54) is 36.9 Å². The van der Waals surface area contributed by atoms with Crippen LogP contribution in [-0.4, -0.2) is 141 Å². The molecule has 4 heterocycles. The molecule has 2 saturated heterocycles. The van der Waals surface area contributed by atoms with Crippen LogP contribution < -0.4 is 14.5 Å². The van der Waals surface area contributed by atoms with Crippen molar-refractivity contribution in [1.29, 1.82) is 0 Å². The topological polar surface area (TPSA) is 185 Å². The quantitative estimate of drug-likeness (QED) is 0.0628. The number of aliphatic hydroxyl groups excluding tert-OH is 1. The SMILES string of the molecule is CC[C@@H]1CC(N(Cc2cc(Cl)cc(C(F)(F)F)c2)c2ncc(O)cn2)C[C@H](CC)N1C(=O)OC(C)C.CC[C@@H]1CC(N(Cc2cc(Cl)cc(C(F)(F)F)c2)c2ncc(OCCOC)cn2)C[C@H](CC)N1C(=O)OC(C)C.COCCO. The maximum absolute atomic E-state index is 13.6. The smallest absolute Gasteiger partial charge is 0.416 e. The zero-order chi connectivity index (χ0) is 60.2. The van der Waals surface area contributed by atoms with E-state index in [2.05, 4.69) is 24.7 Å². The Kier molecular flexibility index (Phi) is 27.1. The molecule has 2 unspecified atom stereocenters. The molecule has 2 aliphatic rings. The minimum absolute atomic E-state index is 0.00305. The van der Waals surface area contributed by atoms with E-state index < -0.39 is 23.5 Å². The highest BCUT2D eigenvalue weighted by atomic mass is 35.5. The number of aliphatic hydroxyl groups is 1. The van der Waals surface area contributed by atoms with Crippen molar-refractivity contribution >= 4 is 47.3 Å². The van der Waals surface area contributed by atoms with Gasteiger partial charge in [0, 0.05) is 73.6 Å². The molecule has 4 aromatic rings. The van der Waals surface area contributed by atoms with Gasteiger partial charge in [-0.05, 0) is 127 Å². The molecule has 0 aliphatic carbocycles. The Morgan fingerprint density at radius 2 is 0.963 bits per heavy atom. The maximum Gasteiger partial charge on any atom is 0.416 e. The first-order chi connectivity index (χ1) is 38.3. The number of carbonyl (C=O) groups is 2. The molecular formula is C56H78Cl2F6N8O9. The van der Waals surface area contributed by atoms with Crippen LogP contribution in [0.4, 0.5) is 47.8 Å². The normalized spacial score (nSPS) is 19.3. The van der Waals surface area contributed by atoms with E-state index in [0.717, 1.165) is 24.3 Å². The lowest BCUT2D eigenvalue weighted by Crippen LogP contribution is -2.57. The monoisotopic (exact) mass is 1190 g/mol. The van der Waals surface area contributed by atoms with Crippen LogP contribution in [0.3, 0.4) is 0 Å². The third-order valence-corrected chi connectivity index (χ3v) is 13.9. The van der Waals surface area contributed by atoms with Crippen molar-refractivity contribution in [2.45, 2.75) is 181 Å². The number of rotatable bonds is 20. The Labute approximate surface area is 481 Å². The van der Waals surface area contributed by atoms with Crippen LogP contribution in [0.2, 0.25) is 10.0 Å². The molecule has 6 rings (SSSR count). The van der Waals surface area contributed by atoms with E-state index in [9.17, 15) is 41.0 Å². The minimum Gasteiger partial charge on any atom is -0.505 e. The number of nitrogens with zero attached hydrogens (tertiary/aromatic N) is 8. The molecule has 2 aliphatic heterocycles. The highest BCUT2D eigenvalue weighted by Gasteiger charge is 2.43. The first kappa shape index (κ1) is 67.9.